The molecule has 0 aliphatic carbocycles. The minimum absolute atomic E-state index is 0.0357. The number of ether oxygens (including phenoxy) is 2. The number of morpholine rings is 2. The largest absolute Gasteiger partial charge is 0.380 e. The van der Waals surface area contributed by atoms with Crippen molar-refractivity contribution in [1.29, 1.82) is 0 Å². The molecule has 3 amide bonds. The Balaban J connectivity index is 1.47. The molecule has 2 aromatic carbocycles. The molecule has 4 N–H and O–H groups in total. The predicted molar refractivity (Wildman–Crippen MR) is 129 cm³/mol. The summed E-state index contributed by atoms with van der Waals surface area (Å²) < 4.78 is 25.2. The monoisotopic (exact) mass is 500 g/mol. The number of anilines is 2. The minimum atomic E-state index is -1.79. The van der Waals surface area contributed by atoms with Crippen molar-refractivity contribution in [2.75, 3.05) is 49.7 Å². The van der Waals surface area contributed by atoms with Gasteiger partial charge in [0.05, 0.1) is 25.4 Å². The number of nitrogens with one attached hydrogen (secondary N) is 1. The Kier molecular flexibility index (Phi) is 7.94. The van der Waals surface area contributed by atoms with Gasteiger partial charge < -0.3 is 35.4 Å². The Bertz CT molecular complexity index is 1120. The van der Waals surface area contributed by atoms with Gasteiger partial charge in [-0.25, -0.2) is 4.39 Å². The highest BCUT2D eigenvalue weighted by atomic mass is 19.1. The summed E-state index contributed by atoms with van der Waals surface area (Å²) in [7, 11) is 0. The van der Waals surface area contributed by atoms with Crippen LogP contribution in [0.1, 0.15) is 28.9 Å². The van der Waals surface area contributed by atoms with Crippen LogP contribution in [0, 0.1) is 5.82 Å². The van der Waals surface area contributed by atoms with Gasteiger partial charge in [-0.1, -0.05) is 12.1 Å². The van der Waals surface area contributed by atoms with Gasteiger partial charge in [0, 0.05) is 37.1 Å². The van der Waals surface area contributed by atoms with Crippen molar-refractivity contribution in [1.82, 2.24) is 4.90 Å². The van der Waals surface area contributed by atoms with Gasteiger partial charge in [-0.05, 0) is 42.8 Å². The van der Waals surface area contributed by atoms with Crippen LogP contribution in [0.25, 0.3) is 0 Å². The number of carbonyl (C=O) groups is 3. The van der Waals surface area contributed by atoms with Crippen LogP contribution in [-0.4, -0.2) is 79.4 Å². The van der Waals surface area contributed by atoms with Gasteiger partial charge >= 0.3 is 0 Å². The van der Waals surface area contributed by atoms with Gasteiger partial charge in [0.1, 0.15) is 5.82 Å². The van der Waals surface area contributed by atoms with E-state index in [1.165, 1.54) is 21.9 Å². The molecular weight excluding hydrogens is 471 g/mol. The van der Waals surface area contributed by atoms with E-state index >= 15 is 0 Å². The minimum Gasteiger partial charge on any atom is -0.380 e. The van der Waals surface area contributed by atoms with Crippen molar-refractivity contribution in [2.45, 2.75) is 25.2 Å². The normalized spacial score (nSPS) is 20.1. The number of aliphatic hydroxyl groups is 1. The number of hydrogen-bond donors (Lipinski definition) is 3. The van der Waals surface area contributed by atoms with Gasteiger partial charge in [-0.3, -0.25) is 14.4 Å². The van der Waals surface area contributed by atoms with E-state index in [1.807, 2.05) is 6.92 Å². The fourth-order valence-corrected chi connectivity index (χ4v) is 4.09. The third-order valence-electron chi connectivity index (χ3n) is 6.17. The van der Waals surface area contributed by atoms with Crippen LogP contribution in [0.15, 0.2) is 42.5 Å². The maximum atomic E-state index is 14.5. The number of rotatable bonds is 6. The third-order valence-corrected chi connectivity index (χ3v) is 6.17. The van der Waals surface area contributed by atoms with Crippen LogP contribution in [-0.2, 0) is 19.1 Å². The zero-order chi connectivity index (χ0) is 25.8. The Morgan fingerprint density at radius 1 is 1.11 bits per heavy atom. The molecule has 0 aromatic heterocycles. The SMILES string of the molecule is C[C@@H](N)c1ccc(NC(=O)C(O)C2OCCN(c3ccc(F)c(C(=O)N4CCOCC4)c3)C2=O)cc1. The molecule has 2 saturated heterocycles. The number of benzene rings is 2. The van der Waals surface area contributed by atoms with E-state index in [-0.39, 0.29) is 30.4 Å². The number of aliphatic hydroxyl groups excluding tert-OH is 1. The van der Waals surface area contributed by atoms with Crippen LogP contribution in [0.5, 0.6) is 0 Å². The second-order valence-electron chi connectivity index (χ2n) is 8.69. The van der Waals surface area contributed by atoms with Crippen molar-refractivity contribution in [3.63, 3.8) is 0 Å². The zero-order valence-electron chi connectivity index (χ0n) is 19.9. The number of nitrogens with zero attached hydrogens (tertiary/aromatic N) is 2. The average Bonchev–Trinajstić information content (AvgIpc) is 2.89. The Labute approximate surface area is 207 Å². The van der Waals surface area contributed by atoms with E-state index in [9.17, 15) is 23.9 Å². The molecule has 192 valence electrons. The van der Waals surface area contributed by atoms with Crippen LogP contribution in [0.3, 0.4) is 0 Å². The van der Waals surface area contributed by atoms with Crippen molar-refractivity contribution >= 4 is 29.1 Å². The number of amides is 3. The van der Waals surface area contributed by atoms with Gasteiger partial charge in [0.2, 0.25) is 0 Å². The molecule has 2 aliphatic rings. The number of carbonyl (C=O) groups excluding carboxylic acids is 3. The third kappa shape index (κ3) is 5.54. The fraction of sp³-hybridized carbons (Fsp3) is 0.400. The van der Waals surface area contributed by atoms with Crippen LogP contribution >= 0.6 is 0 Å². The van der Waals surface area contributed by atoms with Gasteiger partial charge in [0.25, 0.3) is 17.7 Å². The summed E-state index contributed by atoms with van der Waals surface area (Å²) in [6.45, 7) is 3.40. The number of nitrogens with two attached hydrogens (primary N) is 1. The second kappa shape index (κ2) is 11.1. The molecular formula is C25H29FN4O6. The summed E-state index contributed by atoms with van der Waals surface area (Å²) in [5.41, 5.74) is 7.23. The summed E-state index contributed by atoms with van der Waals surface area (Å²) in [5, 5.41) is 13.2. The van der Waals surface area contributed by atoms with Gasteiger partial charge in [0.15, 0.2) is 12.2 Å². The van der Waals surface area contributed by atoms with Crippen LogP contribution in [0.4, 0.5) is 15.8 Å². The van der Waals surface area contributed by atoms with Gasteiger partial charge in [-0.2, -0.15) is 0 Å². The lowest BCUT2D eigenvalue weighted by atomic mass is 10.1. The molecule has 2 aliphatic heterocycles. The second-order valence-corrected chi connectivity index (χ2v) is 8.69. The first-order chi connectivity index (χ1) is 17.3. The highest BCUT2D eigenvalue weighted by molar-refractivity contribution is 6.04. The summed E-state index contributed by atoms with van der Waals surface area (Å²) in [4.78, 5) is 41.4. The van der Waals surface area contributed by atoms with E-state index in [2.05, 4.69) is 5.32 Å². The fourth-order valence-electron chi connectivity index (χ4n) is 4.09. The first kappa shape index (κ1) is 25.7. The highest BCUT2D eigenvalue weighted by Gasteiger charge is 2.39. The van der Waals surface area contributed by atoms with Gasteiger partial charge in [-0.15, -0.1) is 0 Å². The number of halogens is 1. The highest BCUT2D eigenvalue weighted by Crippen LogP contribution is 2.25. The van der Waals surface area contributed by atoms with E-state index in [1.54, 1.807) is 24.3 Å². The Hall–Kier alpha value is -3.38. The van der Waals surface area contributed by atoms with E-state index in [0.717, 1.165) is 11.6 Å². The summed E-state index contributed by atoms with van der Waals surface area (Å²) >= 11 is 0. The predicted octanol–water partition coefficient (Wildman–Crippen LogP) is 1.05. The van der Waals surface area contributed by atoms with E-state index in [0.29, 0.717) is 32.0 Å². The molecule has 2 fully saturated rings. The molecule has 4 rings (SSSR count). The van der Waals surface area contributed by atoms with Crippen LogP contribution < -0.4 is 16.0 Å². The van der Waals surface area contributed by atoms with Crippen molar-refractivity contribution in [3.8, 4) is 0 Å². The quantitative estimate of drug-likeness (QED) is 0.540. The molecule has 2 aromatic rings. The first-order valence-electron chi connectivity index (χ1n) is 11.7. The molecule has 2 heterocycles. The molecule has 3 atom stereocenters. The lowest BCUT2D eigenvalue weighted by molar-refractivity contribution is -0.150. The van der Waals surface area contributed by atoms with E-state index < -0.39 is 35.7 Å². The molecule has 11 heteroatoms. The Morgan fingerprint density at radius 2 is 1.81 bits per heavy atom. The lowest BCUT2D eigenvalue weighted by Crippen LogP contribution is -2.55. The molecule has 0 radical (unpaired) electrons. The number of hydrogen-bond acceptors (Lipinski definition) is 7. The standard InChI is InChI=1S/C25H29FN4O6/c1-15(27)16-2-4-17(5-3-16)28-23(32)21(31)22-25(34)30(10-13-36-22)18-6-7-20(26)19(14-18)24(33)29-8-11-35-12-9-29/h2-7,14-15,21-22,31H,8-13,27H2,1H3,(H,28,32)/t15-,21?,22?/m1/s1. The topological polar surface area (TPSA) is 134 Å². The summed E-state index contributed by atoms with van der Waals surface area (Å²) in [6.07, 6.45) is -3.26. The zero-order valence-corrected chi connectivity index (χ0v) is 19.9. The Morgan fingerprint density at radius 3 is 2.47 bits per heavy atom. The molecule has 0 bridgehead atoms. The first-order valence-corrected chi connectivity index (χ1v) is 11.7. The van der Waals surface area contributed by atoms with Crippen molar-refractivity contribution < 1.29 is 33.4 Å². The van der Waals surface area contributed by atoms with Crippen molar-refractivity contribution in [2.24, 2.45) is 5.73 Å². The molecule has 0 saturated carbocycles. The molecule has 2 unspecified atom stereocenters. The summed E-state index contributed by atoms with van der Waals surface area (Å²) in [6, 6.07) is 10.4. The average molecular weight is 501 g/mol. The van der Waals surface area contributed by atoms with Crippen LogP contribution in [0.2, 0.25) is 0 Å². The molecule has 0 spiro atoms. The smallest absolute Gasteiger partial charge is 0.259 e. The van der Waals surface area contributed by atoms with Crippen molar-refractivity contribution in [3.05, 3.63) is 59.4 Å². The maximum Gasteiger partial charge on any atom is 0.259 e. The summed E-state index contributed by atoms with van der Waals surface area (Å²) in [5.74, 6) is -2.69. The lowest BCUT2D eigenvalue weighted by Gasteiger charge is -2.34. The van der Waals surface area contributed by atoms with E-state index in [4.69, 9.17) is 15.2 Å². The maximum absolute atomic E-state index is 14.5. The molecule has 36 heavy (non-hydrogen) atoms. The molecule has 10 nitrogen and oxygen atoms in total.